The van der Waals surface area contributed by atoms with Crippen LogP contribution in [0, 0.1) is 0 Å². The highest BCUT2D eigenvalue weighted by atomic mass is 32.2. The first-order valence-corrected chi connectivity index (χ1v) is 10.8. The van der Waals surface area contributed by atoms with Crippen LogP contribution in [-0.4, -0.2) is 20.2 Å². The van der Waals surface area contributed by atoms with Gasteiger partial charge in [-0.1, -0.05) is 11.3 Å². The molecule has 5 rings (SSSR count). The third kappa shape index (κ3) is 3.10. The minimum atomic E-state index is 0.599. The van der Waals surface area contributed by atoms with E-state index in [1.807, 2.05) is 23.5 Å². The number of thiophene rings is 1. The SMILES string of the molecule is c1coc(CNc2nnc(Sc3ncnc4sc5c(c34)CCCC5)s2)c1. The van der Waals surface area contributed by atoms with Crippen molar-refractivity contribution < 1.29 is 4.42 Å². The minimum absolute atomic E-state index is 0.599. The van der Waals surface area contributed by atoms with Crippen LogP contribution in [0.25, 0.3) is 10.2 Å². The molecule has 0 amide bonds. The first-order valence-electron chi connectivity index (χ1n) is 8.39. The molecule has 4 aromatic rings. The third-order valence-corrected chi connectivity index (χ3v) is 7.44. The average Bonchev–Trinajstić information content (AvgIpc) is 3.40. The fourth-order valence-corrected chi connectivity index (χ4v) is 6.20. The molecule has 0 aromatic carbocycles. The molecule has 6 nitrogen and oxygen atoms in total. The maximum absolute atomic E-state index is 5.32. The van der Waals surface area contributed by atoms with E-state index in [2.05, 4.69) is 25.5 Å². The standard InChI is InChI=1S/C17H15N5OS3/c1-2-6-12-11(5-1)13-14(24-12)19-9-20-15(13)25-17-22-21-16(26-17)18-8-10-4-3-7-23-10/h3-4,7,9H,1-2,5-6,8H2,(H,18,21). The van der Waals surface area contributed by atoms with Crippen molar-refractivity contribution in [3.05, 3.63) is 40.9 Å². The van der Waals surface area contributed by atoms with Crippen molar-refractivity contribution in [3.63, 3.8) is 0 Å². The Morgan fingerprint density at radius 2 is 2.12 bits per heavy atom. The van der Waals surface area contributed by atoms with Crippen molar-refractivity contribution in [1.29, 1.82) is 0 Å². The Hall–Kier alpha value is -1.97. The normalized spacial score (nSPS) is 13.8. The molecule has 1 aliphatic carbocycles. The van der Waals surface area contributed by atoms with Crippen LogP contribution in [0.15, 0.2) is 38.5 Å². The molecule has 0 radical (unpaired) electrons. The fourth-order valence-electron chi connectivity index (χ4n) is 3.12. The van der Waals surface area contributed by atoms with E-state index < -0.39 is 0 Å². The predicted molar refractivity (Wildman–Crippen MR) is 104 cm³/mol. The zero-order chi connectivity index (χ0) is 17.3. The highest BCUT2D eigenvalue weighted by Gasteiger charge is 2.21. The van der Waals surface area contributed by atoms with Crippen LogP contribution in [0.4, 0.5) is 5.13 Å². The first kappa shape index (κ1) is 16.2. The second kappa shape index (κ2) is 6.98. The van der Waals surface area contributed by atoms with E-state index in [9.17, 15) is 0 Å². The van der Waals surface area contributed by atoms with Crippen LogP contribution in [-0.2, 0) is 19.4 Å². The van der Waals surface area contributed by atoms with Gasteiger partial charge >= 0.3 is 0 Å². The zero-order valence-electron chi connectivity index (χ0n) is 13.8. The summed E-state index contributed by atoms with van der Waals surface area (Å²) in [7, 11) is 0. The zero-order valence-corrected chi connectivity index (χ0v) is 16.2. The van der Waals surface area contributed by atoms with E-state index in [0.29, 0.717) is 6.54 Å². The van der Waals surface area contributed by atoms with Gasteiger partial charge in [0.05, 0.1) is 12.8 Å². The second-order valence-corrected chi connectivity index (χ2v) is 9.28. The van der Waals surface area contributed by atoms with E-state index in [0.717, 1.165) is 31.5 Å². The summed E-state index contributed by atoms with van der Waals surface area (Å²) < 4.78 is 6.20. The van der Waals surface area contributed by atoms with E-state index >= 15 is 0 Å². The molecule has 132 valence electrons. The number of hydrogen-bond donors (Lipinski definition) is 1. The van der Waals surface area contributed by atoms with Gasteiger partial charge in [-0.25, -0.2) is 9.97 Å². The summed E-state index contributed by atoms with van der Waals surface area (Å²) in [6, 6.07) is 3.81. The van der Waals surface area contributed by atoms with Crippen LogP contribution in [0.5, 0.6) is 0 Å². The van der Waals surface area contributed by atoms with Gasteiger partial charge in [-0.2, -0.15) is 0 Å². The van der Waals surface area contributed by atoms with Crippen LogP contribution in [0.2, 0.25) is 0 Å². The monoisotopic (exact) mass is 401 g/mol. The second-order valence-electron chi connectivity index (χ2n) is 5.98. The molecule has 0 fully saturated rings. The van der Waals surface area contributed by atoms with Gasteiger partial charge in [-0.05, 0) is 55.1 Å². The summed E-state index contributed by atoms with van der Waals surface area (Å²) in [5, 5.41) is 14.7. The Kier molecular flexibility index (Phi) is 4.35. The smallest absolute Gasteiger partial charge is 0.206 e. The molecule has 0 saturated carbocycles. The lowest BCUT2D eigenvalue weighted by molar-refractivity contribution is 0.518. The van der Waals surface area contributed by atoms with Crippen molar-refractivity contribution >= 4 is 49.8 Å². The Bertz CT molecular complexity index is 1040. The van der Waals surface area contributed by atoms with E-state index in [-0.39, 0.29) is 0 Å². The molecule has 26 heavy (non-hydrogen) atoms. The van der Waals surface area contributed by atoms with Crippen LogP contribution in [0.1, 0.15) is 29.0 Å². The number of aryl methyl sites for hydroxylation is 2. The number of nitrogens with one attached hydrogen (secondary N) is 1. The minimum Gasteiger partial charge on any atom is -0.467 e. The lowest BCUT2D eigenvalue weighted by atomic mass is 9.97. The maximum atomic E-state index is 5.32. The quantitative estimate of drug-likeness (QED) is 0.482. The van der Waals surface area contributed by atoms with Gasteiger partial charge in [0.25, 0.3) is 0 Å². The van der Waals surface area contributed by atoms with E-state index in [1.165, 1.54) is 46.4 Å². The molecule has 4 aromatic heterocycles. The summed E-state index contributed by atoms with van der Waals surface area (Å²) in [5.41, 5.74) is 1.44. The topological polar surface area (TPSA) is 76.7 Å². The van der Waals surface area contributed by atoms with Gasteiger partial charge in [0.2, 0.25) is 5.13 Å². The summed E-state index contributed by atoms with van der Waals surface area (Å²) in [6.07, 6.45) is 8.14. The molecule has 9 heteroatoms. The molecule has 0 spiro atoms. The van der Waals surface area contributed by atoms with Gasteiger partial charge in [0.15, 0.2) is 4.34 Å². The van der Waals surface area contributed by atoms with Crippen molar-refractivity contribution in [2.24, 2.45) is 0 Å². The van der Waals surface area contributed by atoms with Crippen molar-refractivity contribution in [1.82, 2.24) is 20.2 Å². The number of rotatable bonds is 5. The molecule has 1 aliphatic rings. The van der Waals surface area contributed by atoms with Crippen molar-refractivity contribution in [2.45, 2.75) is 41.6 Å². The molecule has 1 N–H and O–H groups in total. The van der Waals surface area contributed by atoms with Crippen molar-refractivity contribution in [2.75, 3.05) is 5.32 Å². The Balaban J connectivity index is 1.39. The summed E-state index contributed by atoms with van der Waals surface area (Å²) in [4.78, 5) is 11.6. The lowest BCUT2D eigenvalue weighted by Crippen LogP contribution is -1.98. The Morgan fingerprint density at radius 3 is 3.04 bits per heavy atom. The predicted octanol–water partition coefficient (Wildman–Crippen LogP) is 4.78. The van der Waals surface area contributed by atoms with Crippen LogP contribution < -0.4 is 5.32 Å². The average molecular weight is 402 g/mol. The van der Waals surface area contributed by atoms with E-state index in [4.69, 9.17) is 4.42 Å². The number of anilines is 1. The maximum Gasteiger partial charge on any atom is 0.206 e. The molecule has 0 saturated heterocycles. The van der Waals surface area contributed by atoms with E-state index in [1.54, 1.807) is 24.4 Å². The summed E-state index contributed by atoms with van der Waals surface area (Å²) in [6.45, 7) is 0.599. The fraction of sp³-hybridized carbons (Fsp3) is 0.294. The number of aromatic nitrogens is 4. The number of hydrogen-bond acceptors (Lipinski definition) is 9. The van der Waals surface area contributed by atoms with Gasteiger partial charge < -0.3 is 9.73 Å². The van der Waals surface area contributed by atoms with Gasteiger partial charge in [-0.3, -0.25) is 0 Å². The Morgan fingerprint density at radius 1 is 1.15 bits per heavy atom. The summed E-state index contributed by atoms with van der Waals surface area (Å²) in [5.74, 6) is 0.872. The van der Waals surface area contributed by atoms with Crippen LogP contribution >= 0.6 is 34.4 Å². The van der Waals surface area contributed by atoms with Gasteiger partial charge in [0.1, 0.15) is 21.9 Å². The molecule has 0 unspecified atom stereocenters. The van der Waals surface area contributed by atoms with Gasteiger partial charge in [-0.15, -0.1) is 21.5 Å². The summed E-state index contributed by atoms with van der Waals surface area (Å²) >= 11 is 4.92. The lowest BCUT2D eigenvalue weighted by Gasteiger charge is -2.10. The molecular weight excluding hydrogens is 386 g/mol. The number of nitrogens with zero attached hydrogens (tertiary/aromatic N) is 4. The molecule has 0 atom stereocenters. The van der Waals surface area contributed by atoms with Crippen molar-refractivity contribution in [3.8, 4) is 0 Å². The molecule has 0 bridgehead atoms. The Labute approximate surface area is 162 Å². The van der Waals surface area contributed by atoms with Crippen LogP contribution in [0.3, 0.4) is 0 Å². The first-order chi connectivity index (χ1) is 12.9. The molecule has 4 heterocycles. The largest absolute Gasteiger partial charge is 0.467 e. The number of furan rings is 1. The molecular formula is C17H15N5OS3. The number of fused-ring (bicyclic) bond motifs is 3. The molecule has 0 aliphatic heterocycles. The highest BCUT2D eigenvalue weighted by molar-refractivity contribution is 8.01. The van der Waals surface area contributed by atoms with Gasteiger partial charge in [0, 0.05) is 10.3 Å². The third-order valence-electron chi connectivity index (χ3n) is 4.30. The highest BCUT2D eigenvalue weighted by Crippen LogP contribution is 2.41.